The molecule has 35 heavy (non-hydrogen) atoms. The number of halogens is 1. The maximum atomic E-state index is 12.8. The number of hydrogen-bond acceptors (Lipinski definition) is 2. The van der Waals surface area contributed by atoms with Crippen LogP contribution in [0.2, 0.25) is 14.9 Å². The second-order valence-electron chi connectivity index (χ2n) is 10.5. The van der Waals surface area contributed by atoms with E-state index in [1.165, 1.54) is 21.9 Å². The molecule has 1 aliphatic heterocycles. The number of nitrogens with two attached hydrogens (primary N) is 1. The van der Waals surface area contributed by atoms with E-state index >= 15 is 0 Å². The fourth-order valence-corrected chi connectivity index (χ4v) is 10.9. The average Bonchev–Trinajstić information content (AvgIpc) is 2.84. The van der Waals surface area contributed by atoms with Gasteiger partial charge in [-0.2, -0.15) is 0 Å². The Morgan fingerprint density at radius 2 is 1.57 bits per heavy atom. The van der Waals surface area contributed by atoms with Gasteiger partial charge in [-0.3, -0.25) is 0 Å². The van der Waals surface area contributed by atoms with Crippen molar-refractivity contribution in [1.29, 1.82) is 0 Å². The standard InChI is InChI=1S/C30H42AsClN2O/c1-22(2)15-18-31(27-16-19-34(20-17-27)30(35)29(33)21-23(3)4)26-11-7-24(8-12-26)5-6-25-9-13-28(32)14-10-25/h7-15,23,27,29H,5-6,16-21,33H2,1-4H3/t29-,31?/m1/s1. The molecule has 1 heterocycles. The average molecular weight is 557 g/mol. The number of allylic oxidation sites excluding steroid dienone is 2. The van der Waals surface area contributed by atoms with Gasteiger partial charge in [-0.15, -0.1) is 0 Å². The first-order valence-corrected chi connectivity index (χ1v) is 16.7. The Balaban J connectivity index is 1.63. The van der Waals surface area contributed by atoms with E-state index in [1.807, 2.05) is 17.0 Å². The van der Waals surface area contributed by atoms with Crippen molar-refractivity contribution in [2.45, 2.75) is 75.8 Å². The van der Waals surface area contributed by atoms with E-state index in [2.05, 4.69) is 70.2 Å². The molecule has 0 bridgehead atoms. The number of carbonyl (C=O) groups is 1. The molecule has 1 saturated heterocycles. The van der Waals surface area contributed by atoms with Gasteiger partial charge in [0.1, 0.15) is 0 Å². The van der Waals surface area contributed by atoms with E-state index in [4.69, 9.17) is 17.3 Å². The van der Waals surface area contributed by atoms with Gasteiger partial charge >= 0.3 is 223 Å². The van der Waals surface area contributed by atoms with Gasteiger partial charge in [0.2, 0.25) is 0 Å². The van der Waals surface area contributed by atoms with Gasteiger partial charge < -0.3 is 0 Å². The first kappa shape index (κ1) is 28.0. The summed E-state index contributed by atoms with van der Waals surface area (Å²) in [6, 6.07) is 17.3. The van der Waals surface area contributed by atoms with Crippen molar-refractivity contribution in [3.63, 3.8) is 0 Å². The van der Waals surface area contributed by atoms with Crippen LogP contribution < -0.4 is 10.1 Å². The van der Waals surface area contributed by atoms with Crippen molar-refractivity contribution in [2.75, 3.05) is 13.1 Å². The van der Waals surface area contributed by atoms with Crippen LogP contribution in [0.4, 0.5) is 0 Å². The van der Waals surface area contributed by atoms with Crippen LogP contribution in [0.25, 0.3) is 0 Å². The molecule has 190 valence electrons. The molecule has 0 aliphatic carbocycles. The second kappa shape index (κ2) is 13.7. The van der Waals surface area contributed by atoms with E-state index in [0.29, 0.717) is 5.92 Å². The number of aryl methyl sites for hydroxylation is 2. The third-order valence-electron chi connectivity index (χ3n) is 6.84. The number of rotatable bonds is 10. The van der Waals surface area contributed by atoms with E-state index in [-0.39, 0.29) is 11.9 Å². The number of likely N-dealkylation sites (tertiary alicyclic amines) is 1. The number of nitrogens with zero attached hydrogens (tertiary/aromatic N) is 1. The summed E-state index contributed by atoms with van der Waals surface area (Å²) in [4.78, 5) is 14.8. The zero-order chi connectivity index (χ0) is 25.4. The Hall–Kier alpha value is -1.54. The molecular formula is C30H42AsClN2O. The maximum absolute atomic E-state index is 12.8. The number of carbonyl (C=O) groups excluding carboxylic acids is 1. The fourth-order valence-electron chi connectivity index (χ4n) is 4.78. The molecule has 2 atom stereocenters. The van der Waals surface area contributed by atoms with Gasteiger partial charge in [0, 0.05) is 0 Å². The van der Waals surface area contributed by atoms with Crippen LogP contribution in [0.3, 0.4) is 0 Å². The molecule has 1 amide bonds. The summed E-state index contributed by atoms with van der Waals surface area (Å²) in [7, 11) is 0. The van der Waals surface area contributed by atoms with Gasteiger partial charge in [-0.25, -0.2) is 0 Å². The molecule has 2 aromatic rings. The third kappa shape index (κ3) is 8.81. The van der Waals surface area contributed by atoms with E-state index < -0.39 is 14.7 Å². The minimum atomic E-state index is -1.29. The monoisotopic (exact) mass is 556 g/mol. The first-order valence-electron chi connectivity index (χ1n) is 13.0. The fraction of sp³-hybridized carbons (Fsp3) is 0.500. The summed E-state index contributed by atoms with van der Waals surface area (Å²) in [5, 5.41) is 1.99. The molecule has 0 saturated carbocycles. The predicted octanol–water partition coefficient (Wildman–Crippen LogP) is 6.16. The van der Waals surface area contributed by atoms with E-state index in [1.54, 1.807) is 4.35 Å². The van der Waals surface area contributed by atoms with Crippen molar-refractivity contribution in [3.05, 3.63) is 76.3 Å². The zero-order valence-corrected chi connectivity index (χ0v) is 24.5. The van der Waals surface area contributed by atoms with E-state index in [0.717, 1.165) is 54.9 Å². The minimum absolute atomic E-state index is 0.144. The van der Waals surface area contributed by atoms with Crippen LogP contribution in [0.15, 0.2) is 60.2 Å². The van der Waals surface area contributed by atoms with Crippen LogP contribution >= 0.6 is 11.6 Å². The number of amides is 1. The number of hydrogen-bond donors (Lipinski definition) is 1. The Bertz CT molecular complexity index is 959. The first-order chi connectivity index (χ1) is 16.7. The molecule has 0 radical (unpaired) electrons. The molecule has 0 spiro atoms. The second-order valence-corrected chi connectivity index (χ2v) is 16.3. The normalized spacial score (nSPS) is 16.3. The SMILES string of the molecule is CC(C)=CC[As](c1ccc(CCc2ccc(Cl)cc2)cc1)C1CCN(C(=O)[C@H](N)CC(C)C)CC1. The summed E-state index contributed by atoms with van der Waals surface area (Å²) in [5.74, 6) is 0.590. The van der Waals surface area contributed by atoms with Crippen molar-refractivity contribution in [1.82, 2.24) is 4.90 Å². The van der Waals surface area contributed by atoms with Gasteiger partial charge in [-0.1, -0.05) is 0 Å². The topological polar surface area (TPSA) is 46.3 Å². The molecule has 2 N–H and O–H groups in total. The van der Waals surface area contributed by atoms with Gasteiger partial charge in [-0.05, 0) is 0 Å². The van der Waals surface area contributed by atoms with Crippen LogP contribution in [0, 0.1) is 5.92 Å². The van der Waals surface area contributed by atoms with Crippen molar-refractivity contribution >= 4 is 36.5 Å². The summed E-state index contributed by atoms with van der Waals surface area (Å²) < 4.78 is 2.29. The Labute approximate surface area is 222 Å². The zero-order valence-electron chi connectivity index (χ0n) is 21.8. The molecule has 0 aromatic heterocycles. The van der Waals surface area contributed by atoms with Crippen LogP contribution in [-0.4, -0.2) is 44.6 Å². The summed E-state index contributed by atoms with van der Waals surface area (Å²) in [6.45, 7) is 10.4. The Morgan fingerprint density at radius 3 is 2.09 bits per heavy atom. The van der Waals surface area contributed by atoms with Gasteiger partial charge in [0.15, 0.2) is 0 Å². The van der Waals surface area contributed by atoms with Crippen molar-refractivity contribution < 1.29 is 4.79 Å². The van der Waals surface area contributed by atoms with Crippen molar-refractivity contribution in [2.24, 2.45) is 11.7 Å². The summed E-state index contributed by atoms with van der Waals surface area (Å²) in [5.41, 5.74) is 10.3. The van der Waals surface area contributed by atoms with Gasteiger partial charge in [0.25, 0.3) is 0 Å². The van der Waals surface area contributed by atoms with Crippen LogP contribution in [0.5, 0.6) is 0 Å². The Kier molecular flexibility index (Phi) is 11.0. The van der Waals surface area contributed by atoms with Gasteiger partial charge in [0.05, 0.1) is 0 Å². The third-order valence-corrected chi connectivity index (χ3v) is 13.2. The van der Waals surface area contributed by atoms with E-state index in [9.17, 15) is 4.79 Å². The molecule has 2 aromatic carbocycles. The van der Waals surface area contributed by atoms with Crippen LogP contribution in [-0.2, 0) is 17.6 Å². The molecule has 5 heteroatoms. The van der Waals surface area contributed by atoms with Crippen LogP contribution in [0.1, 0.15) is 58.1 Å². The summed E-state index contributed by atoms with van der Waals surface area (Å²) in [6.07, 6.45) is 7.48. The quantitative estimate of drug-likeness (QED) is 0.281. The molecule has 3 rings (SSSR count). The molecular weight excluding hydrogens is 515 g/mol. The summed E-state index contributed by atoms with van der Waals surface area (Å²) >= 11 is 4.73. The predicted molar refractivity (Wildman–Crippen MR) is 152 cm³/mol. The number of benzene rings is 2. The van der Waals surface area contributed by atoms with Crippen molar-refractivity contribution in [3.8, 4) is 0 Å². The molecule has 1 fully saturated rings. The number of piperidine rings is 1. The molecule has 1 unspecified atom stereocenters. The molecule has 3 nitrogen and oxygen atoms in total. The Morgan fingerprint density at radius 1 is 1.03 bits per heavy atom. The molecule has 1 aliphatic rings.